The maximum atomic E-state index is 4.27. The second-order valence-electron chi connectivity index (χ2n) is 3.43. The average molecular weight is 210 g/mol. The molecule has 0 radical (unpaired) electrons. The van der Waals surface area contributed by atoms with Crippen molar-refractivity contribution in [3.05, 3.63) is 54.9 Å². The van der Waals surface area contributed by atoms with Crippen LogP contribution in [0.5, 0.6) is 0 Å². The predicted molar refractivity (Wildman–Crippen MR) is 61.1 cm³/mol. The van der Waals surface area contributed by atoms with Gasteiger partial charge < -0.3 is 0 Å². The summed E-state index contributed by atoms with van der Waals surface area (Å²) in [6, 6.07) is 14.0. The molecule has 16 heavy (non-hydrogen) atoms. The number of aromatic amines is 1. The number of rotatable bonds is 2. The second-order valence-corrected chi connectivity index (χ2v) is 3.43. The molecule has 0 aliphatic rings. The molecule has 3 rings (SSSR count). The molecule has 1 N–H and O–H groups in total. The summed E-state index contributed by atoms with van der Waals surface area (Å²) in [6.07, 6.45) is 3.56. The van der Waals surface area contributed by atoms with Crippen LogP contribution >= 0.6 is 0 Å². The molecule has 2 aromatic heterocycles. The third-order valence-corrected chi connectivity index (χ3v) is 2.42. The molecule has 0 amide bonds. The van der Waals surface area contributed by atoms with Crippen molar-refractivity contribution in [3.8, 4) is 17.1 Å². The van der Waals surface area contributed by atoms with Gasteiger partial charge in [-0.1, -0.05) is 30.3 Å². The minimum atomic E-state index is 0.795. The van der Waals surface area contributed by atoms with Gasteiger partial charge in [-0.25, -0.2) is 4.68 Å². The van der Waals surface area contributed by atoms with Crippen molar-refractivity contribution in [1.29, 1.82) is 0 Å². The smallest absolute Gasteiger partial charge is 0.175 e. The highest BCUT2D eigenvalue weighted by Crippen LogP contribution is 2.20. The third kappa shape index (κ3) is 1.40. The van der Waals surface area contributed by atoms with Crippen molar-refractivity contribution in [1.82, 2.24) is 20.0 Å². The Bertz CT molecular complexity index is 566. The van der Waals surface area contributed by atoms with E-state index in [1.54, 1.807) is 12.4 Å². The lowest BCUT2D eigenvalue weighted by Crippen LogP contribution is -1.99. The molecule has 1 aromatic carbocycles. The van der Waals surface area contributed by atoms with Crippen LogP contribution in [0.15, 0.2) is 54.9 Å². The molecule has 2 heterocycles. The number of hydrogen-bond acceptors (Lipinski definition) is 2. The number of nitrogens with one attached hydrogen (secondary N) is 1. The van der Waals surface area contributed by atoms with E-state index in [-0.39, 0.29) is 0 Å². The van der Waals surface area contributed by atoms with Crippen LogP contribution in [0, 0.1) is 0 Å². The van der Waals surface area contributed by atoms with Gasteiger partial charge in [0.2, 0.25) is 0 Å². The molecule has 4 heteroatoms. The first-order valence-corrected chi connectivity index (χ1v) is 5.05. The van der Waals surface area contributed by atoms with E-state index in [0.717, 1.165) is 17.1 Å². The molecule has 0 spiro atoms. The van der Waals surface area contributed by atoms with E-state index < -0.39 is 0 Å². The lowest BCUT2D eigenvalue weighted by atomic mass is 10.1. The van der Waals surface area contributed by atoms with E-state index in [1.807, 2.05) is 35.0 Å². The van der Waals surface area contributed by atoms with Crippen molar-refractivity contribution in [2.75, 3.05) is 0 Å². The van der Waals surface area contributed by atoms with Crippen molar-refractivity contribution in [2.24, 2.45) is 0 Å². The summed E-state index contributed by atoms with van der Waals surface area (Å²) in [6.45, 7) is 0. The Labute approximate surface area is 92.6 Å². The first-order valence-electron chi connectivity index (χ1n) is 5.05. The fourth-order valence-electron chi connectivity index (χ4n) is 1.68. The minimum absolute atomic E-state index is 0.795. The Balaban J connectivity index is 2.14. The Morgan fingerprint density at radius 2 is 1.88 bits per heavy atom. The molecule has 0 aliphatic heterocycles. The number of benzene rings is 1. The van der Waals surface area contributed by atoms with Gasteiger partial charge >= 0.3 is 0 Å². The Morgan fingerprint density at radius 3 is 2.62 bits per heavy atom. The fraction of sp³-hybridized carbons (Fsp3) is 0. The standard InChI is InChI=1S/C12H10N4/c1-2-4-10(5-3-1)11-6-9-14-16(11)12-7-8-13-15-12/h1-9H,(H,13,15). The molecular weight excluding hydrogens is 200 g/mol. The number of H-pyrrole nitrogens is 1. The van der Waals surface area contributed by atoms with Gasteiger partial charge in [-0.2, -0.15) is 10.2 Å². The van der Waals surface area contributed by atoms with Crippen molar-refractivity contribution >= 4 is 0 Å². The van der Waals surface area contributed by atoms with Crippen LogP contribution in [0.25, 0.3) is 17.1 Å². The summed E-state index contributed by atoms with van der Waals surface area (Å²) in [4.78, 5) is 0. The van der Waals surface area contributed by atoms with Crippen molar-refractivity contribution in [3.63, 3.8) is 0 Å². The van der Waals surface area contributed by atoms with Gasteiger partial charge in [-0.3, -0.25) is 5.10 Å². The molecule has 4 nitrogen and oxygen atoms in total. The summed E-state index contributed by atoms with van der Waals surface area (Å²) >= 11 is 0. The second kappa shape index (κ2) is 3.66. The van der Waals surface area contributed by atoms with Crippen LogP contribution in [0.1, 0.15) is 0 Å². The zero-order valence-electron chi connectivity index (χ0n) is 8.54. The summed E-state index contributed by atoms with van der Waals surface area (Å²) in [5.74, 6) is 0.795. The van der Waals surface area contributed by atoms with Gasteiger partial charge in [0.25, 0.3) is 0 Å². The van der Waals surface area contributed by atoms with Crippen LogP contribution in [0.2, 0.25) is 0 Å². The van der Waals surface area contributed by atoms with E-state index in [9.17, 15) is 0 Å². The summed E-state index contributed by atoms with van der Waals surface area (Å²) < 4.78 is 1.81. The molecule has 0 atom stereocenters. The molecule has 0 saturated heterocycles. The van der Waals surface area contributed by atoms with E-state index in [2.05, 4.69) is 27.4 Å². The molecule has 0 bridgehead atoms. The quantitative estimate of drug-likeness (QED) is 0.705. The third-order valence-electron chi connectivity index (χ3n) is 2.42. The predicted octanol–water partition coefficient (Wildman–Crippen LogP) is 2.26. The number of nitrogens with zero attached hydrogens (tertiary/aromatic N) is 3. The zero-order valence-corrected chi connectivity index (χ0v) is 8.54. The number of hydrogen-bond donors (Lipinski definition) is 1. The molecule has 0 aliphatic carbocycles. The Morgan fingerprint density at radius 1 is 1.00 bits per heavy atom. The summed E-state index contributed by atoms with van der Waals surface area (Å²) in [7, 11) is 0. The van der Waals surface area contributed by atoms with Crippen LogP contribution in [0.3, 0.4) is 0 Å². The summed E-state index contributed by atoms with van der Waals surface area (Å²) in [5.41, 5.74) is 2.16. The molecular formula is C12H10N4. The van der Waals surface area contributed by atoms with Gasteiger partial charge in [0.15, 0.2) is 5.82 Å². The molecule has 0 saturated carbocycles. The highest BCUT2D eigenvalue weighted by molar-refractivity contribution is 5.60. The normalized spacial score (nSPS) is 10.5. The van der Waals surface area contributed by atoms with Crippen LogP contribution in [0.4, 0.5) is 0 Å². The van der Waals surface area contributed by atoms with Gasteiger partial charge in [-0.15, -0.1) is 0 Å². The van der Waals surface area contributed by atoms with Gasteiger partial charge in [0, 0.05) is 17.8 Å². The first kappa shape index (κ1) is 8.91. The maximum Gasteiger partial charge on any atom is 0.175 e. The Hall–Kier alpha value is -2.36. The lowest BCUT2D eigenvalue weighted by molar-refractivity contribution is 0.843. The van der Waals surface area contributed by atoms with Crippen LogP contribution in [-0.4, -0.2) is 20.0 Å². The van der Waals surface area contributed by atoms with Gasteiger partial charge in [0.1, 0.15) is 0 Å². The van der Waals surface area contributed by atoms with Crippen LogP contribution in [-0.2, 0) is 0 Å². The molecule has 0 unspecified atom stereocenters. The molecule has 78 valence electrons. The first-order chi connectivity index (χ1) is 7.95. The zero-order chi connectivity index (χ0) is 10.8. The average Bonchev–Trinajstić information content (AvgIpc) is 3.01. The van der Waals surface area contributed by atoms with Crippen LogP contribution < -0.4 is 0 Å². The maximum absolute atomic E-state index is 4.27. The SMILES string of the molecule is c1ccc(-c2ccnn2-c2cc[nH]n2)cc1. The van der Waals surface area contributed by atoms with Gasteiger partial charge in [0.05, 0.1) is 11.9 Å². The largest absolute Gasteiger partial charge is 0.284 e. The lowest BCUT2D eigenvalue weighted by Gasteiger charge is -2.03. The van der Waals surface area contributed by atoms with Gasteiger partial charge in [-0.05, 0) is 6.07 Å². The number of aromatic nitrogens is 4. The highest BCUT2D eigenvalue weighted by Gasteiger charge is 2.07. The topological polar surface area (TPSA) is 46.5 Å². The summed E-state index contributed by atoms with van der Waals surface area (Å²) in [5, 5.41) is 11.2. The van der Waals surface area contributed by atoms with E-state index in [4.69, 9.17) is 0 Å². The van der Waals surface area contributed by atoms with Crippen molar-refractivity contribution < 1.29 is 0 Å². The van der Waals surface area contributed by atoms with Crippen molar-refractivity contribution in [2.45, 2.75) is 0 Å². The van der Waals surface area contributed by atoms with E-state index in [0.29, 0.717) is 0 Å². The van der Waals surface area contributed by atoms with E-state index >= 15 is 0 Å². The monoisotopic (exact) mass is 210 g/mol. The fourth-order valence-corrected chi connectivity index (χ4v) is 1.68. The Kier molecular flexibility index (Phi) is 2.04. The molecule has 0 fully saturated rings. The minimum Gasteiger partial charge on any atom is -0.284 e. The molecule has 3 aromatic rings. The highest BCUT2D eigenvalue weighted by atomic mass is 15.3. The van der Waals surface area contributed by atoms with E-state index in [1.165, 1.54) is 0 Å².